The van der Waals surface area contributed by atoms with Crippen LogP contribution in [0.3, 0.4) is 0 Å². The first-order chi connectivity index (χ1) is 8.68. The predicted molar refractivity (Wildman–Crippen MR) is 70.4 cm³/mol. The van der Waals surface area contributed by atoms with Gasteiger partial charge in [0.15, 0.2) is 0 Å². The Morgan fingerprint density at radius 1 is 1.11 bits per heavy atom. The molecule has 0 aromatic heterocycles. The molecule has 0 heterocycles. The van der Waals surface area contributed by atoms with Gasteiger partial charge in [0, 0.05) is 33.4 Å². The molecule has 0 rings (SSSR count). The molecule has 0 aromatic carbocycles. The number of methoxy groups -OCH3 is 1. The highest BCUT2D eigenvalue weighted by Gasteiger charge is 2.21. The Morgan fingerprint density at radius 2 is 1.78 bits per heavy atom. The van der Waals surface area contributed by atoms with Crippen molar-refractivity contribution in [1.82, 2.24) is 5.32 Å². The first-order valence-electron chi connectivity index (χ1n) is 6.49. The lowest BCUT2D eigenvalue weighted by atomic mass is 10.0. The normalized spacial score (nSPS) is 14.1. The monoisotopic (exact) mass is 258 g/mol. The zero-order valence-electron chi connectivity index (χ0n) is 11.8. The molecule has 0 aliphatic heterocycles. The van der Waals surface area contributed by atoms with Crippen LogP contribution in [-0.4, -0.2) is 52.2 Å². The Bertz CT molecular complexity index is 231. The van der Waals surface area contributed by atoms with E-state index in [1.807, 2.05) is 13.8 Å². The molecule has 0 amide bonds. The van der Waals surface area contributed by atoms with Crippen LogP contribution in [0.2, 0.25) is 0 Å². The zero-order chi connectivity index (χ0) is 13.7. The number of nitrogens with one attached hydrogen (secondary N) is 1. The molecule has 0 aliphatic rings. The van der Waals surface area contributed by atoms with Crippen LogP contribution in [0.15, 0.2) is 0 Å². The number of nitrogens with zero attached hydrogens (tertiary/aromatic N) is 1. The molecule has 0 aliphatic carbocycles. The van der Waals surface area contributed by atoms with Gasteiger partial charge in [0.05, 0.1) is 19.3 Å². The van der Waals surface area contributed by atoms with E-state index in [0.717, 1.165) is 13.0 Å². The zero-order valence-corrected chi connectivity index (χ0v) is 11.8. The first kappa shape index (κ1) is 17.3. The largest absolute Gasteiger partial charge is 0.382 e. The van der Waals surface area contributed by atoms with Gasteiger partial charge in [0.1, 0.15) is 5.54 Å². The topological polar surface area (TPSA) is 63.5 Å². The molecular weight excluding hydrogens is 232 g/mol. The summed E-state index contributed by atoms with van der Waals surface area (Å²) in [6, 6.07) is 2.27. The summed E-state index contributed by atoms with van der Waals surface area (Å²) in [4.78, 5) is 0. The maximum Gasteiger partial charge on any atom is 0.106 e. The van der Waals surface area contributed by atoms with Gasteiger partial charge in [-0.25, -0.2) is 0 Å². The van der Waals surface area contributed by atoms with Crippen molar-refractivity contribution in [2.75, 3.05) is 46.7 Å². The van der Waals surface area contributed by atoms with Crippen LogP contribution < -0.4 is 5.32 Å². The molecule has 5 nitrogen and oxygen atoms in total. The molecule has 18 heavy (non-hydrogen) atoms. The van der Waals surface area contributed by atoms with Crippen molar-refractivity contribution in [3.05, 3.63) is 0 Å². The molecule has 5 heteroatoms. The summed E-state index contributed by atoms with van der Waals surface area (Å²) in [7, 11) is 1.66. The van der Waals surface area contributed by atoms with Crippen molar-refractivity contribution >= 4 is 0 Å². The van der Waals surface area contributed by atoms with E-state index in [9.17, 15) is 0 Å². The highest BCUT2D eigenvalue weighted by Crippen LogP contribution is 2.07. The summed E-state index contributed by atoms with van der Waals surface area (Å²) < 4.78 is 15.7. The van der Waals surface area contributed by atoms with E-state index < -0.39 is 5.54 Å². The molecule has 0 spiro atoms. The van der Waals surface area contributed by atoms with Crippen LogP contribution in [-0.2, 0) is 14.2 Å². The van der Waals surface area contributed by atoms with Crippen LogP contribution in [0.25, 0.3) is 0 Å². The van der Waals surface area contributed by atoms with Gasteiger partial charge in [0.25, 0.3) is 0 Å². The number of hydrogen-bond acceptors (Lipinski definition) is 5. The van der Waals surface area contributed by atoms with Crippen LogP contribution in [0.1, 0.15) is 26.7 Å². The minimum absolute atomic E-state index is 0.482. The summed E-state index contributed by atoms with van der Waals surface area (Å²) in [5.41, 5.74) is -0.482. The quantitative estimate of drug-likeness (QED) is 0.535. The van der Waals surface area contributed by atoms with Crippen LogP contribution in [0, 0.1) is 11.3 Å². The molecule has 1 unspecified atom stereocenters. The van der Waals surface area contributed by atoms with E-state index in [1.165, 1.54) is 0 Å². The lowest BCUT2D eigenvalue weighted by Gasteiger charge is -2.22. The third-order valence-corrected chi connectivity index (χ3v) is 2.57. The average Bonchev–Trinajstić information content (AvgIpc) is 2.37. The standard InChI is InChI=1S/C13H26N2O3/c1-4-15-13(2,12-14)6-9-17-7-5-8-18-11-10-16-3/h15H,4-11H2,1-3H3. The summed E-state index contributed by atoms with van der Waals surface area (Å²) >= 11 is 0. The Morgan fingerprint density at radius 3 is 2.33 bits per heavy atom. The summed E-state index contributed by atoms with van der Waals surface area (Å²) in [6.07, 6.45) is 1.57. The van der Waals surface area contributed by atoms with Crippen molar-refractivity contribution in [2.24, 2.45) is 0 Å². The van der Waals surface area contributed by atoms with Gasteiger partial charge in [-0.05, 0) is 19.9 Å². The molecule has 106 valence electrons. The highest BCUT2D eigenvalue weighted by molar-refractivity contribution is 5.03. The van der Waals surface area contributed by atoms with E-state index in [-0.39, 0.29) is 0 Å². The van der Waals surface area contributed by atoms with Crippen LogP contribution in [0.5, 0.6) is 0 Å². The second-order valence-electron chi connectivity index (χ2n) is 4.30. The van der Waals surface area contributed by atoms with Gasteiger partial charge in [-0.2, -0.15) is 5.26 Å². The fourth-order valence-electron chi connectivity index (χ4n) is 1.46. The van der Waals surface area contributed by atoms with Gasteiger partial charge in [-0.3, -0.25) is 5.32 Å². The Labute approximate surface area is 110 Å². The highest BCUT2D eigenvalue weighted by atomic mass is 16.5. The summed E-state index contributed by atoms with van der Waals surface area (Å²) in [6.45, 7) is 7.88. The molecule has 1 atom stereocenters. The van der Waals surface area contributed by atoms with E-state index in [4.69, 9.17) is 19.5 Å². The third kappa shape index (κ3) is 9.37. The second kappa shape index (κ2) is 11.4. The molecular formula is C13H26N2O3. The SMILES string of the molecule is CCNC(C)(C#N)CCOCCCOCCOC. The number of hydrogen-bond donors (Lipinski definition) is 1. The van der Waals surface area contributed by atoms with Crippen molar-refractivity contribution in [1.29, 1.82) is 5.26 Å². The molecule has 0 aromatic rings. The Hall–Kier alpha value is -0.670. The smallest absolute Gasteiger partial charge is 0.106 e. The van der Waals surface area contributed by atoms with E-state index >= 15 is 0 Å². The van der Waals surface area contributed by atoms with Crippen molar-refractivity contribution < 1.29 is 14.2 Å². The first-order valence-corrected chi connectivity index (χ1v) is 6.49. The van der Waals surface area contributed by atoms with E-state index in [1.54, 1.807) is 7.11 Å². The maximum absolute atomic E-state index is 9.04. The van der Waals surface area contributed by atoms with Gasteiger partial charge in [-0.1, -0.05) is 6.92 Å². The van der Waals surface area contributed by atoms with Gasteiger partial charge >= 0.3 is 0 Å². The molecule has 1 N–H and O–H groups in total. The Balaban J connectivity index is 3.37. The lowest BCUT2D eigenvalue weighted by Crippen LogP contribution is -2.41. The number of rotatable bonds is 12. The predicted octanol–water partition coefficient (Wildman–Crippen LogP) is 1.34. The molecule has 0 fully saturated rings. The molecule has 0 bridgehead atoms. The summed E-state index contributed by atoms with van der Waals surface area (Å²) in [5, 5.41) is 12.2. The fourth-order valence-corrected chi connectivity index (χ4v) is 1.46. The third-order valence-electron chi connectivity index (χ3n) is 2.57. The molecule has 0 saturated carbocycles. The molecule has 0 saturated heterocycles. The molecule has 0 radical (unpaired) electrons. The van der Waals surface area contributed by atoms with Crippen LogP contribution in [0.4, 0.5) is 0 Å². The minimum atomic E-state index is -0.482. The van der Waals surface area contributed by atoms with Crippen molar-refractivity contribution in [2.45, 2.75) is 32.2 Å². The second-order valence-corrected chi connectivity index (χ2v) is 4.30. The lowest BCUT2D eigenvalue weighted by molar-refractivity contribution is 0.0491. The average molecular weight is 258 g/mol. The van der Waals surface area contributed by atoms with Gasteiger partial charge < -0.3 is 14.2 Å². The van der Waals surface area contributed by atoms with Crippen LogP contribution >= 0.6 is 0 Å². The Kier molecular flexibility index (Phi) is 11.0. The number of ether oxygens (including phenoxy) is 3. The fraction of sp³-hybridized carbons (Fsp3) is 0.923. The van der Waals surface area contributed by atoms with Crippen molar-refractivity contribution in [3.8, 4) is 6.07 Å². The van der Waals surface area contributed by atoms with E-state index in [2.05, 4.69) is 11.4 Å². The van der Waals surface area contributed by atoms with E-state index in [0.29, 0.717) is 39.5 Å². The van der Waals surface area contributed by atoms with Crippen molar-refractivity contribution in [3.63, 3.8) is 0 Å². The van der Waals surface area contributed by atoms with Gasteiger partial charge in [0.2, 0.25) is 0 Å². The van der Waals surface area contributed by atoms with Gasteiger partial charge in [-0.15, -0.1) is 0 Å². The number of nitriles is 1. The maximum atomic E-state index is 9.04. The summed E-state index contributed by atoms with van der Waals surface area (Å²) in [5.74, 6) is 0. The minimum Gasteiger partial charge on any atom is -0.382 e.